The van der Waals surface area contributed by atoms with Crippen molar-refractivity contribution >= 4 is 28.7 Å². The number of imidazole rings is 1. The fourth-order valence-electron chi connectivity index (χ4n) is 2.01. The van der Waals surface area contributed by atoms with E-state index in [1.807, 2.05) is 10.6 Å². The average Bonchev–Trinajstić information content (AvgIpc) is 2.93. The molecule has 7 heteroatoms. The minimum Gasteiger partial charge on any atom is -0.391 e. The molecule has 1 atom stereocenters. The molecule has 0 unspecified atom stereocenters. The van der Waals surface area contributed by atoms with Crippen molar-refractivity contribution in [2.45, 2.75) is 12.5 Å². The summed E-state index contributed by atoms with van der Waals surface area (Å²) in [6.07, 6.45) is 4.20. The summed E-state index contributed by atoms with van der Waals surface area (Å²) >= 11 is 5.96. The van der Waals surface area contributed by atoms with Crippen molar-refractivity contribution in [2.24, 2.45) is 0 Å². The number of aromatic nitrogens is 4. The van der Waals surface area contributed by atoms with Crippen LogP contribution in [0.3, 0.4) is 0 Å². The third-order valence-corrected chi connectivity index (χ3v) is 3.14. The molecule has 0 aliphatic heterocycles. The van der Waals surface area contributed by atoms with Crippen LogP contribution in [0.4, 0.5) is 5.95 Å². The Balaban J connectivity index is 2.07. The minimum atomic E-state index is 0.0114. The average molecular weight is 264 g/mol. The fraction of sp³-hybridized carbons (Fsp3) is 0.273. The molecule has 0 saturated heterocycles. The lowest BCUT2D eigenvalue weighted by Crippen LogP contribution is -2.06. The van der Waals surface area contributed by atoms with Crippen molar-refractivity contribution in [3.63, 3.8) is 0 Å². The van der Waals surface area contributed by atoms with Crippen molar-refractivity contribution in [3.05, 3.63) is 28.9 Å². The molecule has 0 bridgehead atoms. The monoisotopic (exact) mass is 263 g/mol. The number of aliphatic hydroxyl groups excluding tert-OH is 1. The predicted molar refractivity (Wildman–Crippen MR) is 67.1 cm³/mol. The third kappa shape index (κ3) is 1.67. The van der Waals surface area contributed by atoms with Gasteiger partial charge in [-0.25, -0.2) is 4.98 Å². The van der Waals surface area contributed by atoms with Crippen LogP contribution in [0.2, 0.25) is 5.15 Å². The third-order valence-electron chi connectivity index (χ3n) is 2.88. The van der Waals surface area contributed by atoms with Gasteiger partial charge in [0, 0.05) is 6.42 Å². The van der Waals surface area contributed by atoms with Gasteiger partial charge in [0.2, 0.25) is 5.95 Å². The van der Waals surface area contributed by atoms with Crippen LogP contribution < -0.4 is 5.73 Å². The van der Waals surface area contributed by atoms with E-state index in [0.29, 0.717) is 17.6 Å². The van der Waals surface area contributed by atoms with E-state index in [1.165, 1.54) is 0 Å². The normalized spacial score (nSPS) is 18.6. The summed E-state index contributed by atoms with van der Waals surface area (Å²) < 4.78 is 1.86. The molecular formula is C11H10ClN5O. The number of aliphatic hydroxyl groups is 1. The van der Waals surface area contributed by atoms with Gasteiger partial charge in [-0.3, -0.25) is 0 Å². The van der Waals surface area contributed by atoms with E-state index in [0.717, 1.165) is 5.57 Å². The van der Waals surface area contributed by atoms with Gasteiger partial charge in [-0.15, -0.1) is 5.73 Å². The summed E-state index contributed by atoms with van der Waals surface area (Å²) in [5.74, 6) is 0.117. The first kappa shape index (κ1) is 11.2. The smallest absolute Gasteiger partial charge is 0.223 e. The number of nitrogens with two attached hydrogens (primary N) is 1. The van der Waals surface area contributed by atoms with Gasteiger partial charge < -0.3 is 15.4 Å². The van der Waals surface area contributed by atoms with Crippen LogP contribution in [0.15, 0.2) is 23.7 Å². The van der Waals surface area contributed by atoms with Crippen LogP contribution in [0.5, 0.6) is 0 Å². The number of hydrogen-bond acceptors (Lipinski definition) is 5. The maximum atomic E-state index is 9.07. The molecule has 1 aliphatic rings. The second-order valence-electron chi connectivity index (χ2n) is 4.04. The number of hydrogen-bond donors (Lipinski definition) is 2. The van der Waals surface area contributed by atoms with Gasteiger partial charge in [-0.1, -0.05) is 11.6 Å². The van der Waals surface area contributed by atoms with E-state index in [1.54, 1.807) is 6.33 Å². The molecule has 2 aromatic rings. The summed E-state index contributed by atoms with van der Waals surface area (Å²) in [6.45, 7) is 0.0114. The molecule has 2 heterocycles. The van der Waals surface area contributed by atoms with Crippen molar-refractivity contribution in [2.75, 3.05) is 12.3 Å². The van der Waals surface area contributed by atoms with Crippen LogP contribution in [0.25, 0.3) is 11.2 Å². The molecule has 0 saturated carbocycles. The summed E-state index contributed by atoms with van der Waals surface area (Å²) in [4.78, 5) is 12.2. The van der Waals surface area contributed by atoms with Gasteiger partial charge in [0.05, 0.1) is 19.0 Å². The molecule has 0 spiro atoms. The number of fused-ring (bicyclic) bond motifs is 1. The predicted octanol–water partition coefficient (Wildman–Crippen LogP) is 1.08. The van der Waals surface area contributed by atoms with Gasteiger partial charge in [0.25, 0.3) is 0 Å². The number of anilines is 1. The van der Waals surface area contributed by atoms with Gasteiger partial charge in [0.15, 0.2) is 10.8 Å². The van der Waals surface area contributed by atoms with E-state index >= 15 is 0 Å². The number of nitrogens with zero attached hydrogens (tertiary/aromatic N) is 4. The Morgan fingerprint density at radius 3 is 3.11 bits per heavy atom. The Bertz CT molecular complexity index is 686. The van der Waals surface area contributed by atoms with E-state index in [-0.39, 0.29) is 23.8 Å². The highest BCUT2D eigenvalue weighted by molar-refractivity contribution is 6.33. The van der Waals surface area contributed by atoms with Crippen LogP contribution in [-0.2, 0) is 0 Å². The highest BCUT2D eigenvalue weighted by atomic mass is 35.5. The summed E-state index contributed by atoms with van der Waals surface area (Å²) in [5.41, 5.74) is 10.6. The summed E-state index contributed by atoms with van der Waals surface area (Å²) in [5, 5.41) is 9.32. The van der Waals surface area contributed by atoms with Crippen LogP contribution in [0.1, 0.15) is 12.5 Å². The van der Waals surface area contributed by atoms with Crippen molar-refractivity contribution in [3.8, 4) is 0 Å². The molecule has 0 aromatic carbocycles. The number of rotatable bonds is 2. The van der Waals surface area contributed by atoms with Crippen LogP contribution in [-0.4, -0.2) is 31.2 Å². The topological polar surface area (TPSA) is 89.8 Å². The lowest BCUT2D eigenvalue weighted by molar-refractivity contribution is 0.325. The van der Waals surface area contributed by atoms with E-state index < -0.39 is 0 Å². The SMILES string of the molecule is Nc1nc(Cl)c2ncn([C@H]3C=C=C(CO)C3)c2n1. The Morgan fingerprint density at radius 1 is 1.56 bits per heavy atom. The zero-order valence-corrected chi connectivity index (χ0v) is 10.1. The van der Waals surface area contributed by atoms with Crippen molar-refractivity contribution in [1.29, 1.82) is 0 Å². The zero-order chi connectivity index (χ0) is 12.7. The molecular weight excluding hydrogens is 254 g/mol. The summed E-state index contributed by atoms with van der Waals surface area (Å²) in [6, 6.07) is 0.0301. The quantitative estimate of drug-likeness (QED) is 0.625. The molecule has 2 aromatic heterocycles. The summed E-state index contributed by atoms with van der Waals surface area (Å²) in [7, 11) is 0. The standard InChI is InChI=1S/C11H10ClN5O/c12-9-8-10(16-11(13)15-9)17(5-14-8)7-2-1-6(3-7)4-18/h2,5,7,18H,3-4H2,(H2,13,15,16)/t7-/m0/s1. The van der Waals surface area contributed by atoms with E-state index in [4.69, 9.17) is 22.4 Å². The molecule has 6 nitrogen and oxygen atoms in total. The van der Waals surface area contributed by atoms with Gasteiger partial charge >= 0.3 is 0 Å². The molecule has 3 N–H and O–H groups in total. The molecule has 18 heavy (non-hydrogen) atoms. The molecule has 0 radical (unpaired) electrons. The Hall–Kier alpha value is -1.88. The molecule has 1 aliphatic carbocycles. The molecule has 0 amide bonds. The first-order valence-corrected chi connectivity index (χ1v) is 5.78. The van der Waals surface area contributed by atoms with E-state index in [2.05, 4.69) is 20.7 Å². The highest BCUT2D eigenvalue weighted by Gasteiger charge is 2.19. The lowest BCUT2D eigenvalue weighted by Gasteiger charge is -2.11. The minimum absolute atomic E-state index is 0.0114. The largest absolute Gasteiger partial charge is 0.391 e. The second-order valence-corrected chi connectivity index (χ2v) is 4.40. The van der Waals surface area contributed by atoms with Gasteiger partial charge in [-0.2, -0.15) is 9.97 Å². The maximum absolute atomic E-state index is 9.07. The zero-order valence-electron chi connectivity index (χ0n) is 9.34. The first-order valence-electron chi connectivity index (χ1n) is 5.40. The van der Waals surface area contributed by atoms with Crippen LogP contribution in [0, 0.1) is 0 Å². The molecule has 92 valence electrons. The van der Waals surface area contributed by atoms with Crippen molar-refractivity contribution in [1.82, 2.24) is 19.5 Å². The Kier molecular flexibility index (Phi) is 2.56. The number of halogens is 1. The van der Waals surface area contributed by atoms with Crippen LogP contribution >= 0.6 is 11.6 Å². The van der Waals surface area contributed by atoms with Gasteiger partial charge in [-0.05, 0) is 11.6 Å². The Morgan fingerprint density at radius 2 is 2.39 bits per heavy atom. The lowest BCUT2D eigenvalue weighted by atomic mass is 10.2. The first-order chi connectivity index (χ1) is 8.69. The molecule has 0 fully saturated rings. The molecule has 3 rings (SSSR count). The van der Waals surface area contributed by atoms with Crippen molar-refractivity contribution < 1.29 is 5.11 Å². The highest BCUT2D eigenvalue weighted by Crippen LogP contribution is 2.28. The van der Waals surface area contributed by atoms with Gasteiger partial charge in [0.1, 0.15) is 5.52 Å². The second kappa shape index (κ2) is 4.10. The Labute approximate surface area is 107 Å². The number of nitrogen functional groups attached to an aromatic ring is 1. The fourth-order valence-corrected chi connectivity index (χ4v) is 2.23. The van der Waals surface area contributed by atoms with E-state index in [9.17, 15) is 0 Å². The maximum Gasteiger partial charge on any atom is 0.223 e.